The molecule has 2 atom stereocenters. The number of rotatable bonds is 4. The summed E-state index contributed by atoms with van der Waals surface area (Å²) in [6.45, 7) is 3.30. The van der Waals surface area contributed by atoms with E-state index in [0.29, 0.717) is 18.2 Å². The van der Waals surface area contributed by atoms with Gasteiger partial charge >= 0.3 is 0 Å². The van der Waals surface area contributed by atoms with Gasteiger partial charge in [0, 0.05) is 37.5 Å². The topological polar surface area (TPSA) is 24.5 Å². The number of piperidine rings is 1. The highest BCUT2D eigenvalue weighted by Crippen LogP contribution is 2.39. The highest BCUT2D eigenvalue weighted by Gasteiger charge is 2.41. The minimum atomic E-state index is 0.511. The maximum atomic E-state index is 5.95. The molecule has 1 N–H and O–H groups in total. The van der Waals surface area contributed by atoms with Crippen molar-refractivity contribution in [2.45, 2.75) is 50.3 Å². The van der Waals surface area contributed by atoms with Crippen molar-refractivity contribution < 1.29 is 4.74 Å². The summed E-state index contributed by atoms with van der Waals surface area (Å²) in [6, 6.07) is 12.1. The molecular weight excluding hydrogens is 260 g/mol. The molecule has 3 aliphatic rings. The Morgan fingerprint density at radius 2 is 1.71 bits per heavy atom. The van der Waals surface area contributed by atoms with Gasteiger partial charge in [-0.15, -0.1) is 0 Å². The van der Waals surface area contributed by atoms with Crippen molar-refractivity contribution in [3.8, 4) is 0 Å². The summed E-state index contributed by atoms with van der Waals surface area (Å²) < 4.78 is 5.95. The standard InChI is InChI=1S/C18H26N2O/c1-2-4-16(5-3-1)20-11-8-15(9-12-20)19-17-10-13-21-18(17)14-6-7-14/h1-5,14-15,17-19H,6-13H2. The molecule has 1 aromatic rings. The van der Waals surface area contributed by atoms with E-state index in [0.717, 1.165) is 12.5 Å². The average Bonchev–Trinajstić information content (AvgIpc) is 3.29. The van der Waals surface area contributed by atoms with E-state index in [1.807, 2.05) is 0 Å². The van der Waals surface area contributed by atoms with E-state index in [1.165, 1.54) is 50.9 Å². The second-order valence-electron chi connectivity index (χ2n) is 6.83. The Bertz CT molecular complexity index is 452. The molecule has 0 bridgehead atoms. The van der Waals surface area contributed by atoms with Crippen LogP contribution >= 0.6 is 0 Å². The summed E-state index contributed by atoms with van der Waals surface area (Å²) in [6.07, 6.45) is 6.99. The van der Waals surface area contributed by atoms with Gasteiger partial charge in [-0.3, -0.25) is 0 Å². The third-order valence-corrected chi connectivity index (χ3v) is 5.29. The van der Waals surface area contributed by atoms with Crippen molar-refractivity contribution in [2.75, 3.05) is 24.6 Å². The van der Waals surface area contributed by atoms with Gasteiger partial charge in [-0.1, -0.05) is 18.2 Å². The Hall–Kier alpha value is -1.06. The van der Waals surface area contributed by atoms with Gasteiger partial charge in [0.05, 0.1) is 6.10 Å². The van der Waals surface area contributed by atoms with Crippen LogP contribution in [-0.2, 0) is 4.74 Å². The van der Waals surface area contributed by atoms with Crippen LogP contribution in [-0.4, -0.2) is 37.9 Å². The fourth-order valence-electron chi connectivity index (χ4n) is 3.92. The Balaban J connectivity index is 1.29. The molecule has 0 radical (unpaired) electrons. The lowest BCUT2D eigenvalue weighted by Crippen LogP contribution is -2.49. The number of nitrogens with one attached hydrogen (secondary N) is 1. The first-order valence-corrected chi connectivity index (χ1v) is 8.58. The van der Waals surface area contributed by atoms with E-state index < -0.39 is 0 Å². The fraction of sp³-hybridized carbons (Fsp3) is 0.667. The molecule has 3 nitrogen and oxygen atoms in total. The van der Waals surface area contributed by atoms with Gasteiger partial charge in [0.1, 0.15) is 0 Å². The first-order chi connectivity index (χ1) is 10.4. The number of nitrogens with zero attached hydrogens (tertiary/aromatic N) is 1. The van der Waals surface area contributed by atoms with Gasteiger partial charge in [0.2, 0.25) is 0 Å². The van der Waals surface area contributed by atoms with Crippen LogP contribution < -0.4 is 10.2 Å². The van der Waals surface area contributed by atoms with Crippen LogP contribution in [0.2, 0.25) is 0 Å². The summed E-state index contributed by atoms with van der Waals surface area (Å²) in [5.41, 5.74) is 1.37. The minimum absolute atomic E-state index is 0.511. The maximum Gasteiger partial charge on any atom is 0.0757 e. The van der Waals surface area contributed by atoms with Gasteiger partial charge < -0.3 is 15.0 Å². The molecule has 1 saturated carbocycles. The zero-order valence-corrected chi connectivity index (χ0v) is 12.7. The molecule has 0 spiro atoms. The molecule has 1 aliphatic carbocycles. The lowest BCUT2D eigenvalue weighted by atomic mass is 10.00. The monoisotopic (exact) mass is 286 g/mol. The number of hydrogen-bond donors (Lipinski definition) is 1. The Morgan fingerprint density at radius 1 is 0.952 bits per heavy atom. The number of benzene rings is 1. The fourth-order valence-corrected chi connectivity index (χ4v) is 3.92. The van der Waals surface area contributed by atoms with Crippen molar-refractivity contribution in [3.05, 3.63) is 30.3 Å². The molecule has 4 rings (SSSR count). The van der Waals surface area contributed by atoms with Gasteiger partial charge in [0.25, 0.3) is 0 Å². The molecule has 3 heteroatoms. The van der Waals surface area contributed by atoms with Crippen molar-refractivity contribution in [1.82, 2.24) is 5.32 Å². The van der Waals surface area contributed by atoms with Crippen molar-refractivity contribution in [2.24, 2.45) is 5.92 Å². The maximum absolute atomic E-state index is 5.95. The number of ether oxygens (including phenoxy) is 1. The van der Waals surface area contributed by atoms with Crippen molar-refractivity contribution in [1.29, 1.82) is 0 Å². The predicted molar refractivity (Wildman–Crippen MR) is 85.7 cm³/mol. The van der Waals surface area contributed by atoms with Crippen LogP contribution in [0.25, 0.3) is 0 Å². The van der Waals surface area contributed by atoms with Gasteiger partial charge in [-0.05, 0) is 50.2 Å². The SMILES string of the molecule is c1ccc(N2CCC(NC3CCOC3C3CC3)CC2)cc1. The molecule has 114 valence electrons. The Labute approximate surface area is 127 Å². The van der Waals surface area contributed by atoms with Crippen LogP contribution in [0.4, 0.5) is 5.69 Å². The molecular formula is C18H26N2O. The first-order valence-electron chi connectivity index (χ1n) is 8.58. The van der Waals surface area contributed by atoms with E-state index >= 15 is 0 Å². The molecule has 21 heavy (non-hydrogen) atoms. The Kier molecular flexibility index (Phi) is 3.87. The van der Waals surface area contributed by atoms with Crippen LogP contribution in [0.15, 0.2) is 30.3 Å². The number of para-hydroxylation sites is 1. The van der Waals surface area contributed by atoms with E-state index in [9.17, 15) is 0 Å². The molecule has 0 aromatic heterocycles. The summed E-state index contributed by atoms with van der Waals surface area (Å²) in [4.78, 5) is 2.52. The Morgan fingerprint density at radius 3 is 2.43 bits per heavy atom. The molecule has 2 heterocycles. The van der Waals surface area contributed by atoms with E-state index in [2.05, 4.69) is 40.5 Å². The zero-order chi connectivity index (χ0) is 14.1. The van der Waals surface area contributed by atoms with Crippen molar-refractivity contribution >= 4 is 5.69 Å². The molecule has 1 aromatic carbocycles. The third kappa shape index (κ3) is 3.09. The first kappa shape index (κ1) is 13.6. The van der Waals surface area contributed by atoms with E-state index in [4.69, 9.17) is 4.74 Å². The molecule has 3 fully saturated rings. The quantitative estimate of drug-likeness (QED) is 0.921. The summed E-state index contributed by atoms with van der Waals surface area (Å²) in [5.74, 6) is 0.856. The number of anilines is 1. The van der Waals surface area contributed by atoms with Crippen molar-refractivity contribution in [3.63, 3.8) is 0 Å². The molecule has 2 unspecified atom stereocenters. The smallest absolute Gasteiger partial charge is 0.0757 e. The predicted octanol–water partition coefficient (Wildman–Crippen LogP) is 2.81. The summed E-state index contributed by atoms with van der Waals surface area (Å²) >= 11 is 0. The van der Waals surface area contributed by atoms with Gasteiger partial charge in [-0.25, -0.2) is 0 Å². The average molecular weight is 286 g/mol. The lowest BCUT2D eigenvalue weighted by Gasteiger charge is -2.36. The molecule has 2 aliphatic heterocycles. The van der Waals surface area contributed by atoms with E-state index in [-0.39, 0.29) is 0 Å². The minimum Gasteiger partial charge on any atom is -0.376 e. The van der Waals surface area contributed by atoms with Crippen LogP contribution in [0, 0.1) is 5.92 Å². The zero-order valence-electron chi connectivity index (χ0n) is 12.7. The highest BCUT2D eigenvalue weighted by atomic mass is 16.5. The second-order valence-corrected chi connectivity index (χ2v) is 6.83. The third-order valence-electron chi connectivity index (χ3n) is 5.29. The molecule has 2 saturated heterocycles. The largest absolute Gasteiger partial charge is 0.376 e. The highest BCUT2D eigenvalue weighted by molar-refractivity contribution is 5.46. The van der Waals surface area contributed by atoms with Gasteiger partial charge in [0.15, 0.2) is 0 Å². The molecule has 0 amide bonds. The van der Waals surface area contributed by atoms with Crippen LogP contribution in [0.3, 0.4) is 0 Å². The summed E-state index contributed by atoms with van der Waals surface area (Å²) in [7, 11) is 0. The van der Waals surface area contributed by atoms with E-state index in [1.54, 1.807) is 0 Å². The normalized spacial score (nSPS) is 30.8. The lowest BCUT2D eigenvalue weighted by molar-refractivity contribution is 0.0781. The second kappa shape index (κ2) is 5.98. The van der Waals surface area contributed by atoms with Gasteiger partial charge in [-0.2, -0.15) is 0 Å². The van der Waals surface area contributed by atoms with Crippen LogP contribution in [0.5, 0.6) is 0 Å². The van der Waals surface area contributed by atoms with Crippen LogP contribution in [0.1, 0.15) is 32.1 Å². The number of hydrogen-bond acceptors (Lipinski definition) is 3. The summed E-state index contributed by atoms with van der Waals surface area (Å²) in [5, 5.41) is 3.91.